The molecule has 0 spiro atoms. The van der Waals surface area contributed by atoms with Crippen LogP contribution in [0.1, 0.15) is 25.3 Å². The first-order chi connectivity index (χ1) is 10.4. The van der Waals surface area contributed by atoms with Crippen molar-refractivity contribution in [3.63, 3.8) is 0 Å². The second kappa shape index (κ2) is 6.66. The Morgan fingerprint density at radius 3 is 2.77 bits per heavy atom. The Labute approximate surface area is 130 Å². The number of ether oxygens (including phenoxy) is 1. The fraction of sp³-hybridized carbons (Fsp3) is 0.533. The third-order valence-electron chi connectivity index (χ3n) is 3.82. The maximum atomic E-state index is 12.7. The Morgan fingerprint density at radius 2 is 2.18 bits per heavy atom. The standard InChI is InChI=1S/C15H21NO5S/c1-3-21-14-7-6-13(9-11(14)2)22(19,20)16-8-4-5-12(10-16)15(17)18/h6-7,9,12H,3-5,8,10H2,1-2H3,(H,17,18). The van der Waals surface area contributed by atoms with Gasteiger partial charge in [0.25, 0.3) is 0 Å². The van der Waals surface area contributed by atoms with Crippen molar-refractivity contribution in [2.75, 3.05) is 19.7 Å². The van der Waals surface area contributed by atoms with Crippen LogP contribution in [0.25, 0.3) is 0 Å². The van der Waals surface area contributed by atoms with Crippen LogP contribution >= 0.6 is 0 Å². The highest BCUT2D eigenvalue weighted by Gasteiger charge is 2.33. The van der Waals surface area contributed by atoms with Crippen molar-refractivity contribution >= 4 is 16.0 Å². The number of aryl methyl sites for hydroxylation is 1. The monoisotopic (exact) mass is 327 g/mol. The lowest BCUT2D eigenvalue weighted by Gasteiger charge is -2.30. The van der Waals surface area contributed by atoms with Gasteiger partial charge in [0.15, 0.2) is 0 Å². The van der Waals surface area contributed by atoms with Crippen LogP contribution < -0.4 is 4.74 Å². The molecular formula is C15H21NO5S. The van der Waals surface area contributed by atoms with E-state index in [1.807, 2.05) is 6.92 Å². The maximum absolute atomic E-state index is 12.7. The molecule has 0 saturated carbocycles. The number of piperidine rings is 1. The summed E-state index contributed by atoms with van der Waals surface area (Å²) in [4.78, 5) is 11.3. The number of rotatable bonds is 5. The Balaban J connectivity index is 2.26. The first-order valence-corrected chi connectivity index (χ1v) is 8.76. The van der Waals surface area contributed by atoms with Gasteiger partial charge in [-0.2, -0.15) is 4.31 Å². The lowest BCUT2D eigenvalue weighted by atomic mass is 10.0. The van der Waals surface area contributed by atoms with Gasteiger partial charge < -0.3 is 9.84 Å². The third-order valence-corrected chi connectivity index (χ3v) is 5.68. The minimum absolute atomic E-state index is 0.0317. The topological polar surface area (TPSA) is 83.9 Å². The van der Waals surface area contributed by atoms with Gasteiger partial charge >= 0.3 is 5.97 Å². The summed E-state index contributed by atoms with van der Waals surface area (Å²) < 4.78 is 32.0. The van der Waals surface area contributed by atoms with Crippen molar-refractivity contribution in [1.82, 2.24) is 4.31 Å². The molecule has 1 heterocycles. The van der Waals surface area contributed by atoms with Gasteiger partial charge in [0.05, 0.1) is 17.4 Å². The van der Waals surface area contributed by atoms with E-state index in [0.29, 0.717) is 31.7 Å². The summed E-state index contributed by atoms with van der Waals surface area (Å²) in [5.41, 5.74) is 0.745. The second-order valence-electron chi connectivity index (χ2n) is 5.40. The molecule has 1 unspecified atom stereocenters. The van der Waals surface area contributed by atoms with Crippen molar-refractivity contribution < 1.29 is 23.1 Å². The Morgan fingerprint density at radius 1 is 1.45 bits per heavy atom. The van der Waals surface area contributed by atoms with E-state index < -0.39 is 21.9 Å². The SMILES string of the molecule is CCOc1ccc(S(=O)(=O)N2CCCC(C(=O)O)C2)cc1C. The molecule has 122 valence electrons. The molecule has 1 fully saturated rings. The number of carboxylic acids is 1. The summed E-state index contributed by atoms with van der Waals surface area (Å²) in [6.07, 6.45) is 1.08. The van der Waals surface area contributed by atoms with Crippen LogP contribution in [-0.4, -0.2) is 43.5 Å². The quantitative estimate of drug-likeness (QED) is 0.892. The van der Waals surface area contributed by atoms with E-state index in [9.17, 15) is 13.2 Å². The summed E-state index contributed by atoms with van der Waals surface area (Å²) in [7, 11) is -3.67. The minimum Gasteiger partial charge on any atom is -0.494 e. The highest BCUT2D eigenvalue weighted by molar-refractivity contribution is 7.89. The molecule has 2 rings (SSSR count). The zero-order valence-electron chi connectivity index (χ0n) is 12.8. The summed E-state index contributed by atoms with van der Waals surface area (Å²) in [5, 5.41) is 9.09. The first kappa shape index (κ1) is 16.8. The molecule has 0 aliphatic carbocycles. The van der Waals surface area contributed by atoms with Crippen LogP contribution in [0.5, 0.6) is 5.75 Å². The van der Waals surface area contributed by atoms with Crippen molar-refractivity contribution in [3.8, 4) is 5.75 Å². The Bertz CT molecular complexity index is 656. The third kappa shape index (κ3) is 3.41. The molecule has 1 N–H and O–H groups in total. The van der Waals surface area contributed by atoms with E-state index in [1.54, 1.807) is 19.1 Å². The number of hydrogen-bond acceptors (Lipinski definition) is 4. The molecule has 0 aromatic heterocycles. The minimum atomic E-state index is -3.67. The molecule has 1 saturated heterocycles. The molecule has 6 nitrogen and oxygen atoms in total. The molecule has 1 aromatic rings. The van der Waals surface area contributed by atoms with Crippen molar-refractivity contribution in [1.29, 1.82) is 0 Å². The van der Waals surface area contributed by atoms with Crippen LogP contribution in [0, 0.1) is 12.8 Å². The molecule has 22 heavy (non-hydrogen) atoms. The number of carbonyl (C=O) groups is 1. The second-order valence-corrected chi connectivity index (χ2v) is 7.34. The van der Waals surface area contributed by atoms with E-state index in [1.165, 1.54) is 10.4 Å². The van der Waals surface area contributed by atoms with Gasteiger partial charge in [-0.3, -0.25) is 4.79 Å². The van der Waals surface area contributed by atoms with Gasteiger partial charge in [-0.15, -0.1) is 0 Å². The van der Waals surface area contributed by atoms with Crippen LogP contribution in [-0.2, 0) is 14.8 Å². The molecule has 1 aliphatic heterocycles. The number of carboxylic acid groups (broad SMARTS) is 1. The van der Waals surface area contributed by atoms with Gasteiger partial charge in [-0.1, -0.05) is 0 Å². The average Bonchev–Trinajstić information content (AvgIpc) is 2.49. The first-order valence-electron chi connectivity index (χ1n) is 7.32. The zero-order valence-corrected chi connectivity index (χ0v) is 13.6. The highest BCUT2D eigenvalue weighted by atomic mass is 32.2. The predicted octanol–water partition coefficient (Wildman–Crippen LogP) is 1.88. The molecule has 1 atom stereocenters. The van der Waals surface area contributed by atoms with E-state index in [2.05, 4.69) is 0 Å². The van der Waals surface area contributed by atoms with Crippen molar-refractivity contribution in [3.05, 3.63) is 23.8 Å². The normalized spacial score (nSPS) is 19.8. The van der Waals surface area contributed by atoms with Gasteiger partial charge in [-0.25, -0.2) is 8.42 Å². The molecule has 1 aromatic carbocycles. The van der Waals surface area contributed by atoms with E-state index in [0.717, 1.165) is 5.56 Å². The van der Waals surface area contributed by atoms with Crippen molar-refractivity contribution in [2.45, 2.75) is 31.6 Å². The number of nitrogens with zero attached hydrogens (tertiary/aromatic N) is 1. The van der Waals surface area contributed by atoms with E-state index in [-0.39, 0.29) is 11.4 Å². The fourth-order valence-electron chi connectivity index (χ4n) is 2.61. The lowest BCUT2D eigenvalue weighted by Crippen LogP contribution is -2.42. The number of sulfonamides is 1. The molecule has 7 heteroatoms. The summed E-state index contributed by atoms with van der Waals surface area (Å²) in [6.45, 7) is 4.56. The Kier molecular flexibility index (Phi) is 5.08. The fourth-order valence-corrected chi connectivity index (χ4v) is 4.22. The van der Waals surface area contributed by atoms with Gasteiger partial charge in [0.1, 0.15) is 5.75 Å². The number of hydrogen-bond donors (Lipinski definition) is 1. The highest BCUT2D eigenvalue weighted by Crippen LogP contribution is 2.27. The van der Waals surface area contributed by atoms with Crippen molar-refractivity contribution in [2.24, 2.45) is 5.92 Å². The van der Waals surface area contributed by atoms with Crippen LogP contribution in [0.15, 0.2) is 23.1 Å². The van der Waals surface area contributed by atoms with Gasteiger partial charge in [0.2, 0.25) is 10.0 Å². The number of aliphatic carboxylic acids is 1. The predicted molar refractivity (Wildman–Crippen MR) is 81.5 cm³/mol. The van der Waals surface area contributed by atoms with Gasteiger partial charge in [0, 0.05) is 13.1 Å². The largest absolute Gasteiger partial charge is 0.494 e. The summed E-state index contributed by atoms with van der Waals surface area (Å²) in [5.74, 6) is -0.918. The smallest absolute Gasteiger partial charge is 0.307 e. The van der Waals surface area contributed by atoms with E-state index >= 15 is 0 Å². The zero-order chi connectivity index (χ0) is 16.3. The average molecular weight is 327 g/mol. The molecule has 0 radical (unpaired) electrons. The molecule has 0 bridgehead atoms. The molecule has 0 amide bonds. The number of benzene rings is 1. The molecular weight excluding hydrogens is 306 g/mol. The van der Waals surface area contributed by atoms with Gasteiger partial charge in [-0.05, 0) is 50.5 Å². The Hall–Kier alpha value is -1.60. The van der Waals surface area contributed by atoms with Crippen LogP contribution in [0.4, 0.5) is 0 Å². The van der Waals surface area contributed by atoms with Crippen LogP contribution in [0.3, 0.4) is 0 Å². The summed E-state index contributed by atoms with van der Waals surface area (Å²) >= 11 is 0. The van der Waals surface area contributed by atoms with E-state index in [4.69, 9.17) is 9.84 Å². The molecule has 1 aliphatic rings. The maximum Gasteiger partial charge on any atom is 0.307 e. The van der Waals surface area contributed by atoms with Crippen LogP contribution in [0.2, 0.25) is 0 Å². The lowest BCUT2D eigenvalue weighted by molar-refractivity contribution is -0.142. The summed E-state index contributed by atoms with van der Waals surface area (Å²) in [6, 6.07) is 4.73.